The van der Waals surface area contributed by atoms with Crippen LogP contribution in [0.4, 0.5) is 24.8 Å². The molecular formula is C43H47F3N10O5. The zero-order valence-corrected chi connectivity index (χ0v) is 34.1. The molecule has 3 aliphatic rings. The van der Waals surface area contributed by atoms with Crippen LogP contribution in [0.3, 0.4) is 0 Å². The Bertz CT molecular complexity index is 2500. The number of fused-ring (bicyclic) bond motifs is 7. The van der Waals surface area contributed by atoms with Gasteiger partial charge >= 0.3 is 0 Å². The highest BCUT2D eigenvalue weighted by atomic mass is 19.1. The molecular weight excluding hydrogens is 794 g/mol. The van der Waals surface area contributed by atoms with E-state index in [1.54, 1.807) is 48.3 Å². The molecule has 0 aliphatic carbocycles. The number of piperidine rings is 2. The molecule has 18 heteroatoms. The lowest BCUT2D eigenvalue weighted by Gasteiger charge is -2.35. The molecule has 3 aromatic heterocycles. The van der Waals surface area contributed by atoms with E-state index in [1.165, 1.54) is 0 Å². The molecule has 4 N–H and O–H groups in total. The van der Waals surface area contributed by atoms with Crippen molar-refractivity contribution >= 4 is 46.3 Å². The van der Waals surface area contributed by atoms with Crippen molar-refractivity contribution < 1.29 is 37.1 Å². The smallest absolute Gasteiger partial charge is 0.258 e. The van der Waals surface area contributed by atoms with E-state index in [0.29, 0.717) is 83.6 Å². The molecule has 2 fully saturated rings. The first-order valence-electron chi connectivity index (χ1n) is 20.5. The fourth-order valence-corrected chi connectivity index (χ4v) is 8.36. The van der Waals surface area contributed by atoms with Crippen molar-refractivity contribution in [2.75, 3.05) is 43.4 Å². The first kappa shape index (κ1) is 41.4. The fourth-order valence-electron chi connectivity index (χ4n) is 8.36. The highest BCUT2D eigenvalue weighted by Gasteiger charge is 2.33. The minimum atomic E-state index is -1.38. The van der Waals surface area contributed by atoms with Crippen LogP contribution >= 0.6 is 0 Å². The molecule has 0 saturated carbocycles. The molecule has 320 valence electrons. The summed E-state index contributed by atoms with van der Waals surface area (Å²) in [6.45, 7) is 6.01. The first-order valence-corrected chi connectivity index (χ1v) is 20.5. The Kier molecular flexibility index (Phi) is 11.8. The van der Waals surface area contributed by atoms with Crippen molar-refractivity contribution in [3.63, 3.8) is 0 Å². The van der Waals surface area contributed by atoms with Gasteiger partial charge in [0.05, 0.1) is 47.1 Å². The normalized spacial score (nSPS) is 21.3. The van der Waals surface area contributed by atoms with Gasteiger partial charge in [-0.15, -0.1) is 0 Å². The predicted octanol–water partition coefficient (Wildman–Crippen LogP) is 5.25. The molecule has 5 aromatic rings. The molecule has 2 aromatic carbocycles. The number of alkyl halides is 1. The van der Waals surface area contributed by atoms with Crippen LogP contribution in [-0.4, -0.2) is 97.8 Å². The zero-order chi connectivity index (χ0) is 42.9. The maximum absolute atomic E-state index is 15.6. The minimum Gasteiger partial charge on any atom is -0.477 e. The maximum Gasteiger partial charge on any atom is 0.258 e. The number of imidazole rings is 1. The molecule has 0 unspecified atom stereocenters. The summed E-state index contributed by atoms with van der Waals surface area (Å²) < 4.78 is 55.3. The third-order valence-electron chi connectivity index (χ3n) is 11.6. The molecule has 2 bridgehead atoms. The van der Waals surface area contributed by atoms with E-state index in [4.69, 9.17) is 9.72 Å². The maximum atomic E-state index is 15.6. The minimum absolute atomic E-state index is 0.00272. The second-order valence-corrected chi connectivity index (χ2v) is 16.1. The van der Waals surface area contributed by atoms with Gasteiger partial charge in [0.1, 0.15) is 17.8 Å². The van der Waals surface area contributed by atoms with E-state index in [9.17, 15) is 28.0 Å². The second kappa shape index (κ2) is 17.4. The van der Waals surface area contributed by atoms with E-state index in [1.807, 2.05) is 16.4 Å². The number of ether oxygens (including phenoxy) is 1. The molecule has 6 heterocycles. The van der Waals surface area contributed by atoms with Crippen LogP contribution < -0.4 is 26.0 Å². The van der Waals surface area contributed by atoms with Gasteiger partial charge in [0.2, 0.25) is 23.6 Å². The van der Waals surface area contributed by atoms with E-state index < -0.39 is 47.5 Å². The first-order chi connectivity index (χ1) is 29.3. The van der Waals surface area contributed by atoms with Gasteiger partial charge in [-0.05, 0) is 81.0 Å². The van der Waals surface area contributed by atoms with Gasteiger partial charge in [-0.1, -0.05) is 6.92 Å². The standard InChI is InChI=1S/C43H47F3N10O5/c1-23-5-4-14-61-42-29(20-48-54(42)3)35-16-26(15-24(2)49-35)40(59)53-43-51-34-8-6-25(17-36(34)56(43)21-23)39(58)50-33-10-12-55(22-32(33)46)13-11-47-27-18-30(44)38(31(45)19-27)28-7-9-37(57)52-41(28)60/h6,8,15-20,23,28,32-33,47H,4-5,7,9-14,21-22H2,1-3H3,(H,50,58)(H,51,53,59)(H,52,57,60)/t23-,28-,32-,33+/m1/s1. The number of amides is 4. The molecule has 15 nitrogen and oxygen atoms in total. The number of nitrogens with one attached hydrogen (secondary N) is 4. The lowest BCUT2D eigenvalue weighted by molar-refractivity contribution is -0.134. The van der Waals surface area contributed by atoms with Crippen molar-refractivity contribution in [2.45, 2.75) is 70.6 Å². The highest BCUT2D eigenvalue weighted by molar-refractivity contribution is 6.05. The summed E-state index contributed by atoms with van der Waals surface area (Å²) in [5.41, 5.74) is 3.60. The Morgan fingerprint density at radius 2 is 1.80 bits per heavy atom. The quantitative estimate of drug-likeness (QED) is 0.158. The van der Waals surface area contributed by atoms with E-state index in [2.05, 4.69) is 38.3 Å². The summed E-state index contributed by atoms with van der Waals surface area (Å²) in [6, 6.07) is 9.93. The highest BCUT2D eigenvalue weighted by Crippen LogP contribution is 2.33. The summed E-state index contributed by atoms with van der Waals surface area (Å²) in [4.78, 5) is 62.4. The average Bonchev–Trinajstić information content (AvgIpc) is 3.75. The van der Waals surface area contributed by atoms with E-state index in [0.717, 1.165) is 25.0 Å². The van der Waals surface area contributed by atoms with Crippen LogP contribution in [0.1, 0.15) is 76.9 Å². The largest absolute Gasteiger partial charge is 0.477 e. The molecule has 0 radical (unpaired) electrons. The SMILES string of the molecule is Cc1cc2cc(n1)-c1cnn(C)c1OCCC[C@@H](C)Cn1c(nc3ccc(C(=O)N[C@H]4CCN(CCNc5cc(F)c([C@H]6CCC(=O)NC6=O)c(F)c5)C[C@H]4F)cc31)NC2=O. The van der Waals surface area contributed by atoms with Crippen LogP contribution in [-0.2, 0) is 23.2 Å². The van der Waals surface area contributed by atoms with Gasteiger partial charge in [-0.2, -0.15) is 5.10 Å². The molecule has 3 aliphatic heterocycles. The fraction of sp³-hybridized carbons (Fsp3) is 0.419. The number of nitrogens with zero attached hydrogens (tertiary/aromatic N) is 6. The van der Waals surface area contributed by atoms with Crippen molar-refractivity contribution in [3.8, 4) is 17.1 Å². The third-order valence-corrected chi connectivity index (χ3v) is 11.6. The van der Waals surface area contributed by atoms with E-state index in [-0.39, 0.29) is 49.0 Å². The Balaban J connectivity index is 0.913. The number of rotatable bonds is 7. The molecule has 61 heavy (non-hydrogen) atoms. The topological polar surface area (TPSA) is 177 Å². The summed E-state index contributed by atoms with van der Waals surface area (Å²) in [5, 5.41) is 15.3. The van der Waals surface area contributed by atoms with Gasteiger partial charge in [-0.3, -0.25) is 39.7 Å². The van der Waals surface area contributed by atoms with Crippen molar-refractivity contribution in [2.24, 2.45) is 13.0 Å². The second-order valence-electron chi connectivity index (χ2n) is 16.1. The monoisotopic (exact) mass is 840 g/mol. The lowest BCUT2D eigenvalue weighted by atomic mass is 9.89. The number of pyridine rings is 1. The Hall–Kier alpha value is -6.30. The molecule has 8 rings (SSSR count). The van der Waals surface area contributed by atoms with Crippen LogP contribution in [0, 0.1) is 24.5 Å². The van der Waals surface area contributed by atoms with Crippen LogP contribution in [0.15, 0.2) is 48.7 Å². The van der Waals surface area contributed by atoms with Gasteiger partial charge in [-0.25, -0.2) is 22.8 Å². The summed E-state index contributed by atoms with van der Waals surface area (Å²) in [7, 11) is 1.80. The van der Waals surface area contributed by atoms with Crippen molar-refractivity contribution in [1.29, 1.82) is 0 Å². The Morgan fingerprint density at radius 1 is 1.00 bits per heavy atom. The summed E-state index contributed by atoms with van der Waals surface area (Å²) in [5.74, 6) is -3.85. The summed E-state index contributed by atoms with van der Waals surface area (Å²) in [6.07, 6.45) is 2.21. The number of likely N-dealkylation sites (tertiary alicyclic amines) is 1. The Labute approximate surface area is 349 Å². The predicted molar refractivity (Wildman–Crippen MR) is 220 cm³/mol. The van der Waals surface area contributed by atoms with Crippen LogP contribution in [0.25, 0.3) is 22.3 Å². The number of carbonyl (C=O) groups is 4. The van der Waals surface area contributed by atoms with Crippen molar-refractivity contribution in [1.82, 2.24) is 39.8 Å². The lowest BCUT2D eigenvalue weighted by Crippen LogP contribution is -2.53. The molecule has 0 spiro atoms. The number of halogens is 3. The summed E-state index contributed by atoms with van der Waals surface area (Å²) >= 11 is 0. The Morgan fingerprint density at radius 3 is 2.57 bits per heavy atom. The average molecular weight is 841 g/mol. The molecule has 4 amide bonds. The molecule has 2 saturated heterocycles. The zero-order valence-electron chi connectivity index (χ0n) is 34.1. The number of hydrogen-bond acceptors (Lipinski definition) is 10. The van der Waals surface area contributed by atoms with Crippen molar-refractivity contribution in [3.05, 3.63) is 82.7 Å². The van der Waals surface area contributed by atoms with Gasteiger partial charge in [0, 0.05) is 74.3 Å². The number of benzene rings is 2. The van der Waals surface area contributed by atoms with E-state index >= 15 is 4.39 Å². The number of imide groups is 1. The number of anilines is 2. The number of carbonyl (C=O) groups excluding carboxylic acids is 4. The number of hydrogen-bond donors (Lipinski definition) is 4. The molecule has 4 atom stereocenters. The van der Waals surface area contributed by atoms with Gasteiger partial charge in [0.15, 0.2) is 0 Å². The van der Waals surface area contributed by atoms with Gasteiger partial charge < -0.3 is 19.9 Å². The third kappa shape index (κ3) is 8.94. The van der Waals surface area contributed by atoms with Crippen LogP contribution in [0.5, 0.6) is 5.88 Å². The number of aryl methyl sites for hydroxylation is 2. The van der Waals surface area contributed by atoms with Crippen LogP contribution in [0.2, 0.25) is 0 Å². The number of aromatic nitrogens is 5. The van der Waals surface area contributed by atoms with Gasteiger partial charge in [0.25, 0.3) is 11.8 Å².